The minimum atomic E-state index is -0.511. The van der Waals surface area contributed by atoms with E-state index in [0.29, 0.717) is 17.9 Å². The Labute approximate surface area is 147 Å². The Bertz CT molecular complexity index is 748. The second-order valence-electron chi connectivity index (χ2n) is 5.61. The number of nitrogens with one attached hydrogen (secondary N) is 1. The summed E-state index contributed by atoms with van der Waals surface area (Å²) in [6, 6.07) is 14.6. The average molecular weight is 338 g/mol. The maximum absolute atomic E-state index is 12.2. The van der Waals surface area contributed by atoms with Crippen molar-refractivity contribution in [3.05, 3.63) is 65.7 Å². The van der Waals surface area contributed by atoms with Crippen LogP contribution in [0.15, 0.2) is 54.6 Å². The Balaban J connectivity index is 1.99. The number of anilines is 2. The fraction of sp³-hybridized carbons (Fsp3) is 0.200. The van der Waals surface area contributed by atoms with Crippen LogP contribution >= 0.6 is 0 Å². The summed E-state index contributed by atoms with van der Waals surface area (Å²) >= 11 is 0. The van der Waals surface area contributed by atoms with Gasteiger partial charge in [-0.2, -0.15) is 0 Å². The van der Waals surface area contributed by atoms with Crippen LogP contribution in [0.4, 0.5) is 16.2 Å². The fourth-order valence-electron chi connectivity index (χ4n) is 2.15. The average Bonchev–Trinajstić information content (AvgIpc) is 2.61. The van der Waals surface area contributed by atoms with Gasteiger partial charge in [0.25, 0.3) is 0 Å². The van der Waals surface area contributed by atoms with Crippen molar-refractivity contribution >= 4 is 29.3 Å². The van der Waals surface area contributed by atoms with Crippen molar-refractivity contribution in [2.45, 2.75) is 6.92 Å². The number of ketones is 1. The van der Waals surface area contributed by atoms with Gasteiger partial charge >= 0.3 is 6.09 Å². The Morgan fingerprint density at radius 2 is 1.68 bits per heavy atom. The van der Waals surface area contributed by atoms with E-state index in [1.165, 1.54) is 0 Å². The zero-order chi connectivity index (χ0) is 18.2. The number of carbonyl (C=O) groups excluding carboxylic acids is 2. The first kappa shape index (κ1) is 18.3. The quantitative estimate of drug-likeness (QED) is 0.633. The molecule has 2 rings (SSSR count). The second kappa shape index (κ2) is 8.68. The molecule has 130 valence electrons. The third-order valence-corrected chi connectivity index (χ3v) is 3.53. The van der Waals surface area contributed by atoms with Crippen molar-refractivity contribution in [1.82, 2.24) is 0 Å². The maximum Gasteiger partial charge on any atom is 0.411 e. The van der Waals surface area contributed by atoms with E-state index < -0.39 is 6.09 Å². The molecule has 2 aromatic carbocycles. The summed E-state index contributed by atoms with van der Waals surface area (Å²) < 4.78 is 4.80. The molecule has 1 N–H and O–H groups in total. The van der Waals surface area contributed by atoms with Gasteiger partial charge in [0.05, 0.1) is 6.61 Å². The predicted octanol–water partition coefficient (Wildman–Crippen LogP) is 4.22. The van der Waals surface area contributed by atoms with Gasteiger partial charge in [-0.15, -0.1) is 0 Å². The first-order valence-electron chi connectivity index (χ1n) is 8.03. The molecule has 0 saturated carbocycles. The fourth-order valence-corrected chi connectivity index (χ4v) is 2.15. The number of hydrogen-bond acceptors (Lipinski definition) is 4. The van der Waals surface area contributed by atoms with Gasteiger partial charge in [-0.3, -0.25) is 10.1 Å². The molecule has 2 aromatic rings. The van der Waals surface area contributed by atoms with Crippen LogP contribution in [0, 0.1) is 0 Å². The van der Waals surface area contributed by atoms with Gasteiger partial charge in [0.15, 0.2) is 5.78 Å². The molecule has 0 aliphatic carbocycles. The molecule has 0 aromatic heterocycles. The molecule has 25 heavy (non-hydrogen) atoms. The number of allylic oxidation sites excluding steroid dienone is 1. The van der Waals surface area contributed by atoms with Crippen molar-refractivity contribution in [2.24, 2.45) is 0 Å². The van der Waals surface area contributed by atoms with Gasteiger partial charge in [-0.05, 0) is 55.0 Å². The summed E-state index contributed by atoms with van der Waals surface area (Å²) in [6.45, 7) is 2.05. The first-order chi connectivity index (χ1) is 12.0. The molecule has 5 heteroatoms. The molecule has 0 fully saturated rings. The lowest BCUT2D eigenvalue weighted by Crippen LogP contribution is -2.13. The lowest BCUT2D eigenvalue weighted by Gasteiger charge is -2.11. The van der Waals surface area contributed by atoms with Crippen LogP contribution in [0.3, 0.4) is 0 Å². The molecule has 0 spiro atoms. The standard InChI is InChI=1S/C20H22N2O3/c1-4-25-20(24)21-17-10-8-16(9-11-17)19(23)14-7-15-5-12-18(13-6-15)22(2)3/h5-14H,4H2,1-3H3,(H,21,24). The van der Waals surface area contributed by atoms with E-state index >= 15 is 0 Å². The van der Waals surface area contributed by atoms with Crippen LogP contribution in [0.5, 0.6) is 0 Å². The van der Waals surface area contributed by atoms with Gasteiger partial charge < -0.3 is 9.64 Å². The number of nitrogens with zero attached hydrogens (tertiary/aromatic N) is 1. The van der Waals surface area contributed by atoms with Crippen molar-refractivity contribution in [3.8, 4) is 0 Å². The third kappa shape index (κ3) is 5.49. The molecule has 1 amide bonds. The molecule has 0 aliphatic heterocycles. The highest BCUT2D eigenvalue weighted by atomic mass is 16.5. The second-order valence-corrected chi connectivity index (χ2v) is 5.61. The van der Waals surface area contributed by atoms with E-state index in [4.69, 9.17) is 4.74 Å². The zero-order valence-electron chi connectivity index (χ0n) is 14.7. The molecule has 0 saturated heterocycles. The number of carbonyl (C=O) groups is 2. The van der Waals surface area contributed by atoms with Crippen molar-refractivity contribution < 1.29 is 14.3 Å². The monoisotopic (exact) mass is 338 g/mol. The number of amides is 1. The largest absolute Gasteiger partial charge is 0.450 e. The highest BCUT2D eigenvalue weighted by Crippen LogP contribution is 2.14. The molecule has 0 heterocycles. The zero-order valence-corrected chi connectivity index (χ0v) is 14.7. The van der Waals surface area contributed by atoms with Crippen molar-refractivity contribution in [1.29, 1.82) is 0 Å². The summed E-state index contributed by atoms with van der Waals surface area (Å²) in [5, 5.41) is 2.59. The molecular formula is C20H22N2O3. The summed E-state index contributed by atoms with van der Waals surface area (Å²) in [4.78, 5) is 25.6. The highest BCUT2D eigenvalue weighted by molar-refractivity contribution is 6.07. The van der Waals surface area contributed by atoms with Crippen molar-refractivity contribution in [2.75, 3.05) is 30.9 Å². The smallest absolute Gasteiger partial charge is 0.411 e. The van der Waals surface area contributed by atoms with Crippen LogP contribution in [0.1, 0.15) is 22.8 Å². The molecule has 0 bridgehead atoms. The molecule has 0 aliphatic rings. The molecule has 0 radical (unpaired) electrons. The first-order valence-corrected chi connectivity index (χ1v) is 8.03. The van der Waals surface area contributed by atoms with Crippen LogP contribution < -0.4 is 10.2 Å². The summed E-state index contributed by atoms with van der Waals surface area (Å²) in [7, 11) is 3.96. The number of rotatable bonds is 6. The summed E-state index contributed by atoms with van der Waals surface area (Å²) in [5.74, 6) is -0.0978. The Morgan fingerprint density at radius 3 is 2.24 bits per heavy atom. The van der Waals surface area contributed by atoms with Crippen molar-refractivity contribution in [3.63, 3.8) is 0 Å². The van der Waals surface area contributed by atoms with E-state index in [0.717, 1.165) is 11.3 Å². The van der Waals surface area contributed by atoms with E-state index in [2.05, 4.69) is 5.32 Å². The van der Waals surface area contributed by atoms with E-state index in [1.54, 1.807) is 43.3 Å². The normalized spacial score (nSPS) is 10.5. The lowest BCUT2D eigenvalue weighted by molar-refractivity contribution is 0.104. The number of hydrogen-bond donors (Lipinski definition) is 1. The summed E-state index contributed by atoms with van der Waals surface area (Å²) in [5.41, 5.74) is 3.20. The van der Waals surface area contributed by atoms with Gasteiger partial charge in [-0.1, -0.05) is 18.2 Å². The van der Waals surface area contributed by atoms with Crippen LogP contribution in [-0.4, -0.2) is 32.6 Å². The lowest BCUT2D eigenvalue weighted by atomic mass is 10.1. The third-order valence-electron chi connectivity index (χ3n) is 3.53. The highest BCUT2D eigenvalue weighted by Gasteiger charge is 2.05. The van der Waals surface area contributed by atoms with Crippen LogP contribution in [0.2, 0.25) is 0 Å². The molecular weight excluding hydrogens is 316 g/mol. The van der Waals surface area contributed by atoms with Gasteiger partial charge in [0.2, 0.25) is 0 Å². The van der Waals surface area contributed by atoms with Gasteiger partial charge in [0.1, 0.15) is 0 Å². The van der Waals surface area contributed by atoms with Crippen LogP contribution in [0.25, 0.3) is 6.08 Å². The molecule has 0 unspecified atom stereocenters. The SMILES string of the molecule is CCOC(=O)Nc1ccc(C(=O)C=Cc2ccc(N(C)C)cc2)cc1. The van der Waals surface area contributed by atoms with Crippen LogP contribution in [-0.2, 0) is 4.74 Å². The Kier molecular flexibility index (Phi) is 6.34. The Morgan fingerprint density at radius 1 is 1.04 bits per heavy atom. The number of ether oxygens (including phenoxy) is 1. The van der Waals surface area contributed by atoms with Gasteiger partial charge in [0, 0.05) is 31.0 Å². The van der Waals surface area contributed by atoms with Gasteiger partial charge in [-0.25, -0.2) is 4.79 Å². The minimum absolute atomic E-state index is 0.0978. The predicted molar refractivity (Wildman–Crippen MR) is 101 cm³/mol. The minimum Gasteiger partial charge on any atom is -0.450 e. The molecule has 0 atom stereocenters. The Hall–Kier alpha value is -3.08. The summed E-state index contributed by atoms with van der Waals surface area (Å²) in [6.07, 6.45) is 2.81. The topological polar surface area (TPSA) is 58.6 Å². The molecule has 5 nitrogen and oxygen atoms in total. The number of benzene rings is 2. The van der Waals surface area contributed by atoms with E-state index in [9.17, 15) is 9.59 Å². The van der Waals surface area contributed by atoms with E-state index in [1.807, 2.05) is 43.3 Å². The maximum atomic E-state index is 12.2. The van der Waals surface area contributed by atoms with E-state index in [-0.39, 0.29) is 5.78 Å².